The molecule has 1 aromatic carbocycles. The van der Waals surface area contributed by atoms with Crippen LogP contribution in [0.4, 0.5) is 8.78 Å². The lowest BCUT2D eigenvalue weighted by atomic mass is 10.1. The minimum atomic E-state index is -2.54. The van der Waals surface area contributed by atoms with Gasteiger partial charge in [0.2, 0.25) is 0 Å². The lowest BCUT2D eigenvalue weighted by Crippen LogP contribution is -2.13. The maximum atomic E-state index is 13.4. The van der Waals surface area contributed by atoms with Crippen LogP contribution in [0.2, 0.25) is 0 Å². The smallest absolute Gasteiger partial charge is 0.260 e. The molecule has 0 radical (unpaired) electrons. The molecule has 1 aliphatic rings. The molecule has 0 spiro atoms. The Morgan fingerprint density at radius 1 is 1.33 bits per heavy atom. The molecule has 1 saturated carbocycles. The summed E-state index contributed by atoms with van der Waals surface area (Å²) in [5.41, 5.74) is 0.725. The van der Waals surface area contributed by atoms with E-state index < -0.39 is 17.8 Å². The number of rotatable bonds is 3. The van der Waals surface area contributed by atoms with E-state index in [0.717, 1.165) is 10.0 Å². The predicted molar refractivity (Wildman–Crippen MR) is 59.2 cm³/mol. The molecule has 0 bridgehead atoms. The average Bonchev–Trinajstić information content (AvgIpc) is 2.71. The zero-order valence-electron chi connectivity index (χ0n) is 8.31. The van der Waals surface area contributed by atoms with E-state index in [-0.39, 0.29) is 0 Å². The Bertz CT molecular complexity index is 350. The SMILES string of the molecule is CNC[C@H]1[C@H](c2ccc(Br)cc2)C1(F)F. The van der Waals surface area contributed by atoms with E-state index in [4.69, 9.17) is 0 Å². The summed E-state index contributed by atoms with van der Waals surface area (Å²) in [5, 5.41) is 2.81. The molecular weight excluding hydrogens is 264 g/mol. The molecule has 15 heavy (non-hydrogen) atoms. The Kier molecular flexibility index (Phi) is 2.81. The summed E-state index contributed by atoms with van der Waals surface area (Å²) in [6, 6.07) is 7.14. The van der Waals surface area contributed by atoms with Crippen LogP contribution < -0.4 is 5.32 Å². The van der Waals surface area contributed by atoms with Crippen molar-refractivity contribution in [1.29, 1.82) is 0 Å². The molecule has 0 amide bonds. The van der Waals surface area contributed by atoms with Crippen molar-refractivity contribution in [1.82, 2.24) is 5.32 Å². The molecule has 4 heteroatoms. The van der Waals surface area contributed by atoms with Gasteiger partial charge >= 0.3 is 0 Å². The third kappa shape index (κ3) is 1.93. The molecule has 2 rings (SSSR count). The van der Waals surface area contributed by atoms with Gasteiger partial charge in [-0.25, -0.2) is 8.78 Å². The second-order valence-electron chi connectivity index (χ2n) is 3.87. The van der Waals surface area contributed by atoms with E-state index in [9.17, 15) is 8.78 Å². The molecule has 0 aromatic heterocycles. The van der Waals surface area contributed by atoms with Gasteiger partial charge in [-0.15, -0.1) is 0 Å². The average molecular weight is 276 g/mol. The summed E-state index contributed by atoms with van der Waals surface area (Å²) >= 11 is 3.29. The van der Waals surface area contributed by atoms with Gasteiger partial charge in [0.05, 0.1) is 5.92 Å². The van der Waals surface area contributed by atoms with E-state index >= 15 is 0 Å². The highest BCUT2D eigenvalue weighted by Gasteiger charge is 2.67. The van der Waals surface area contributed by atoms with Gasteiger partial charge in [-0.2, -0.15) is 0 Å². The van der Waals surface area contributed by atoms with Crippen LogP contribution in [0, 0.1) is 5.92 Å². The van der Waals surface area contributed by atoms with Crippen LogP contribution in [-0.4, -0.2) is 19.5 Å². The monoisotopic (exact) mass is 275 g/mol. The van der Waals surface area contributed by atoms with Crippen molar-refractivity contribution >= 4 is 15.9 Å². The predicted octanol–water partition coefficient (Wildman–Crippen LogP) is 3.02. The number of benzene rings is 1. The van der Waals surface area contributed by atoms with Gasteiger partial charge in [-0.3, -0.25) is 0 Å². The molecule has 1 fully saturated rings. The van der Waals surface area contributed by atoms with Gasteiger partial charge in [0, 0.05) is 16.9 Å². The van der Waals surface area contributed by atoms with E-state index in [0.29, 0.717) is 6.54 Å². The molecular formula is C11H12BrF2N. The van der Waals surface area contributed by atoms with Crippen molar-refractivity contribution in [3.8, 4) is 0 Å². The number of nitrogens with one attached hydrogen (secondary N) is 1. The molecule has 1 nitrogen and oxygen atoms in total. The van der Waals surface area contributed by atoms with Gasteiger partial charge in [-0.05, 0) is 24.7 Å². The Labute approximate surface area is 96.0 Å². The van der Waals surface area contributed by atoms with Crippen LogP contribution in [0.5, 0.6) is 0 Å². The van der Waals surface area contributed by atoms with Crippen molar-refractivity contribution in [2.75, 3.05) is 13.6 Å². The summed E-state index contributed by atoms with van der Waals surface area (Å²) in [6.07, 6.45) is 0. The van der Waals surface area contributed by atoms with Gasteiger partial charge in [0.1, 0.15) is 0 Å². The number of halogens is 3. The molecule has 0 saturated heterocycles. The van der Waals surface area contributed by atoms with Crippen molar-refractivity contribution < 1.29 is 8.78 Å². The summed E-state index contributed by atoms with van der Waals surface area (Å²) in [5.74, 6) is -3.71. The first-order chi connectivity index (χ1) is 7.07. The Balaban J connectivity index is 2.16. The fourth-order valence-corrected chi connectivity index (χ4v) is 2.25. The minimum Gasteiger partial charge on any atom is -0.319 e. The molecule has 1 aliphatic carbocycles. The highest BCUT2D eigenvalue weighted by Crippen LogP contribution is 2.61. The molecule has 2 atom stereocenters. The van der Waals surface area contributed by atoms with Crippen molar-refractivity contribution in [2.24, 2.45) is 5.92 Å². The second-order valence-corrected chi connectivity index (χ2v) is 4.78. The molecule has 0 unspecified atom stereocenters. The summed E-state index contributed by atoms with van der Waals surface area (Å²) in [4.78, 5) is 0. The zero-order valence-corrected chi connectivity index (χ0v) is 9.89. The number of hydrogen-bond donors (Lipinski definition) is 1. The first kappa shape index (κ1) is 11.0. The van der Waals surface area contributed by atoms with Crippen LogP contribution in [0.1, 0.15) is 11.5 Å². The zero-order chi connectivity index (χ0) is 11.1. The number of hydrogen-bond acceptors (Lipinski definition) is 1. The lowest BCUT2D eigenvalue weighted by Gasteiger charge is -1.98. The second kappa shape index (κ2) is 3.83. The molecule has 82 valence electrons. The third-order valence-corrected chi connectivity index (χ3v) is 3.38. The summed E-state index contributed by atoms with van der Waals surface area (Å²) < 4.78 is 27.7. The van der Waals surface area contributed by atoms with Crippen molar-refractivity contribution in [3.05, 3.63) is 34.3 Å². The van der Waals surface area contributed by atoms with E-state index in [1.165, 1.54) is 0 Å². The van der Waals surface area contributed by atoms with E-state index in [1.54, 1.807) is 31.3 Å². The fourth-order valence-electron chi connectivity index (χ4n) is 1.99. The van der Waals surface area contributed by atoms with Crippen LogP contribution in [-0.2, 0) is 0 Å². The van der Waals surface area contributed by atoms with Gasteiger partial charge in [0.25, 0.3) is 5.92 Å². The largest absolute Gasteiger partial charge is 0.319 e. The molecule has 0 heterocycles. The third-order valence-electron chi connectivity index (χ3n) is 2.86. The quantitative estimate of drug-likeness (QED) is 0.894. The highest BCUT2D eigenvalue weighted by molar-refractivity contribution is 9.10. The van der Waals surface area contributed by atoms with E-state index in [2.05, 4.69) is 21.2 Å². The highest BCUT2D eigenvalue weighted by atomic mass is 79.9. The molecule has 0 aliphatic heterocycles. The maximum absolute atomic E-state index is 13.4. The fraction of sp³-hybridized carbons (Fsp3) is 0.455. The van der Waals surface area contributed by atoms with Crippen LogP contribution in [0.3, 0.4) is 0 Å². The summed E-state index contributed by atoms with van der Waals surface area (Å²) in [6.45, 7) is 0.369. The lowest BCUT2D eigenvalue weighted by molar-refractivity contribution is 0.0934. The Hall–Kier alpha value is -0.480. The normalized spacial score (nSPS) is 27.7. The maximum Gasteiger partial charge on any atom is 0.260 e. The minimum absolute atomic E-state index is 0.369. The van der Waals surface area contributed by atoms with Crippen molar-refractivity contribution in [2.45, 2.75) is 11.8 Å². The number of alkyl halides is 2. The first-order valence-corrected chi connectivity index (χ1v) is 5.64. The van der Waals surface area contributed by atoms with Crippen LogP contribution in [0.25, 0.3) is 0 Å². The molecule has 1 aromatic rings. The van der Waals surface area contributed by atoms with Gasteiger partial charge < -0.3 is 5.32 Å². The van der Waals surface area contributed by atoms with E-state index in [1.807, 2.05) is 0 Å². The van der Waals surface area contributed by atoms with Crippen LogP contribution in [0.15, 0.2) is 28.7 Å². The summed E-state index contributed by atoms with van der Waals surface area (Å²) in [7, 11) is 1.70. The standard InChI is InChI=1S/C11H12BrF2N/c1-15-6-9-10(11(9,13)14)7-2-4-8(12)5-3-7/h2-5,9-10,15H,6H2,1H3/t9-,10-/m0/s1. The Morgan fingerprint density at radius 3 is 2.47 bits per heavy atom. The van der Waals surface area contributed by atoms with Crippen molar-refractivity contribution in [3.63, 3.8) is 0 Å². The van der Waals surface area contributed by atoms with Crippen LogP contribution >= 0.6 is 15.9 Å². The topological polar surface area (TPSA) is 12.0 Å². The Morgan fingerprint density at radius 2 is 1.93 bits per heavy atom. The van der Waals surface area contributed by atoms with Gasteiger partial charge in [-0.1, -0.05) is 28.1 Å². The van der Waals surface area contributed by atoms with Gasteiger partial charge in [0.15, 0.2) is 0 Å². The molecule has 1 N–H and O–H groups in total. The first-order valence-electron chi connectivity index (χ1n) is 4.85.